The molecule has 0 saturated heterocycles. The van der Waals surface area contributed by atoms with E-state index in [0.29, 0.717) is 5.82 Å². The van der Waals surface area contributed by atoms with E-state index < -0.39 is 5.41 Å². The summed E-state index contributed by atoms with van der Waals surface area (Å²) in [5, 5.41) is 1.04. The van der Waals surface area contributed by atoms with Crippen LogP contribution in [0.4, 0.5) is 0 Å². The van der Waals surface area contributed by atoms with Gasteiger partial charge >= 0.3 is 0 Å². The molecule has 0 amide bonds. The smallest absolute Gasteiger partial charge is 0.160 e. The molecular formula is C40H24N4. The van der Waals surface area contributed by atoms with Crippen LogP contribution in [0.25, 0.3) is 61.4 Å². The topological polar surface area (TPSA) is 43.6 Å². The molecule has 1 spiro atoms. The minimum Gasteiger partial charge on any atom is -0.295 e. The van der Waals surface area contributed by atoms with Crippen LogP contribution < -0.4 is 0 Å². The van der Waals surface area contributed by atoms with Gasteiger partial charge in [-0.05, 0) is 58.1 Å². The standard InChI is InChI=1S/C40H24N4/c1-2-12-25(13-3-1)37-29-16-6-10-20-33(29)41-38(43-37)26-22-23-36-34(24-26)42-39-40(32-19-9-11-21-35(32)44(36)39)30-17-7-4-14-27(30)28-15-5-8-18-31(28)40/h1-24H. The van der Waals surface area contributed by atoms with Crippen molar-refractivity contribution in [3.63, 3.8) is 0 Å². The number of rotatable bonds is 2. The zero-order chi connectivity index (χ0) is 28.8. The quantitative estimate of drug-likeness (QED) is 0.212. The summed E-state index contributed by atoms with van der Waals surface area (Å²) < 4.78 is 2.37. The van der Waals surface area contributed by atoms with Gasteiger partial charge in [0.2, 0.25) is 0 Å². The van der Waals surface area contributed by atoms with Gasteiger partial charge in [-0.1, -0.05) is 115 Å². The van der Waals surface area contributed by atoms with Crippen molar-refractivity contribution in [2.45, 2.75) is 5.41 Å². The predicted molar refractivity (Wildman–Crippen MR) is 176 cm³/mol. The fourth-order valence-electron chi connectivity index (χ4n) is 7.61. The van der Waals surface area contributed by atoms with Crippen LogP contribution in [-0.4, -0.2) is 19.5 Å². The van der Waals surface area contributed by atoms with Gasteiger partial charge in [0.1, 0.15) is 11.2 Å². The first-order valence-electron chi connectivity index (χ1n) is 15.0. The van der Waals surface area contributed by atoms with Gasteiger partial charge in [-0.15, -0.1) is 0 Å². The first-order chi connectivity index (χ1) is 21.8. The van der Waals surface area contributed by atoms with E-state index in [1.807, 2.05) is 18.2 Å². The molecule has 4 heteroatoms. The van der Waals surface area contributed by atoms with Crippen LogP contribution in [0.2, 0.25) is 0 Å². The maximum absolute atomic E-state index is 5.48. The van der Waals surface area contributed by atoms with Crippen molar-refractivity contribution in [3.05, 3.63) is 168 Å². The second kappa shape index (κ2) is 8.59. The Hall–Kier alpha value is -5.87. The molecule has 0 N–H and O–H groups in total. The van der Waals surface area contributed by atoms with Gasteiger partial charge in [0.15, 0.2) is 5.82 Å². The van der Waals surface area contributed by atoms with Crippen molar-refractivity contribution in [1.82, 2.24) is 19.5 Å². The molecule has 2 aliphatic rings. The molecule has 0 fully saturated rings. The van der Waals surface area contributed by atoms with E-state index in [-0.39, 0.29) is 0 Å². The summed E-state index contributed by atoms with van der Waals surface area (Å²) >= 11 is 0. The molecule has 2 aromatic heterocycles. The lowest BCUT2D eigenvalue weighted by Crippen LogP contribution is -2.27. The highest BCUT2D eigenvalue weighted by Crippen LogP contribution is 2.60. The summed E-state index contributed by atoms with van der Waals surface area (Å²) in [4.78, 5) is 15.6. The molecule has 0 bridgehead atoms. The van der Waals surface area contributed by atoms with Crippen molar-refractivity contribution >= 4 is 21.9 Å². The average molecular weight is 561 g/mol. The molecule has 3 heterocycles. The van der Waals surface area contributed by atoms with E-state index >= 15 is 0 Å². The van der Waals surface area contributed by atoms with Crippen molar-refractivity contribution in [1.29, 1.82) is 0 Å². The predicted octanol–water partition coefficient (Wildman–Crippen LogP) is 8.98. The van der Waals surface area contributed by atoms with E-state index in [9.17, 15) is 0 Å². The number of aromatic nitrogens is 4. The van der Waals surface area contributed by atoms with Crippen LogP contribution in [0.5, 0.6) is 0 Å². The zero-order valence-electron chi connectivity index (χ0n) is 23.6. The summed E-state index contributed by atoms with van der Waals surface area (Å²) in [6, 6.07) is 51.5. The van der Waals surface area contributed by atoms with E-state index in [1.165, 1.54) is 33.5 Å². The number of benzene rings is 6. The number of para-hydroxylation sites is 2. The summed E-state index contributed by atoms with van der Waals surface area (Å²) in [5.74, 6) is 1.73. The molecule has 8 aromatic rings. The molecule has 6 aromatic carbocycles. The lowest BCUT2D eigenvalue weighted by atomic mass is 9.73. The third kappa shape index (κ3) is 2.94. The number of imidazole rings is 1. The summed E-state index contributed by atoms with van der Waals surface area (Å²) in [7, 11) is 0. The van der Waals surface area contributed by atoms with Crippen LogP contribution in [0.1, 0.15) is 22.5 Å². The van der Waals surface area contributed by atoms with Crippen LogP contribution >= 0.6 is 0 Å². The van der Waals surface area contributed by atoms with E-state index in [1.54, 1.807) is 0 Å². The molecule has 0 saturated carbocycles. The monoisotopic (exact) mass is 560 g/mol. The fraction of sp³-hybridized carbons (Fsp3) is 0.0250. The Bertz CT molecular complexity index is 2410. The maximum atomic E-state index is 5.48. The normalized spacial score (nSPS) is 13.6. The maximum Gasteiger partial charge on any atom is 0.160 e. The first kappa shape index (κ1) is 23.7. The van der Waals surface area contributed by atoms with Gasteiger partial charge in [0.05, 0.1) is 27.9 Å². The van der Waals surface area contributed by atoms with E-state index in [2.05, 4.69) is 132 Å². The van der Waals surface area contributed by atoms with Gasteiger partial charge in [0, 0.05) is 16.5 Å². The molecule has 1 aliphatic carbocycles. The molecule has 1 aliphatic heterocycles. The van der Waals surface area contributed by atoms with Crippen LogP contribution in [-0.2, 0) is 5.41 Å². The van der Waals surface area contributed by atoms with Gasteiger partial charge in [-0.3, -0.25) is 4.57 Å². The Morgan fingerprint density at radius 3 is 1.93 bits per heavy atom. The van der Waals surface area contributed by atoms with Gasteiger partial charge < -0.3 is 0 Å². The number of fused-ring (bicyclic) bond motifs is 13. The van der Waals surface area contributed by atoms with Gasteiger partial charge in [-0.25, -0.2) is 15.0 Å². The number of hydrogen-bond donors (Lipinski definition) is 0. The van der Waals surface area contributed by atoms with Crippen molar-refractivity contribution in [2.75, 3.05) is 0 Å². The molecule has 10 rings (SSSR count). The van der Waals surface area contributed by atoms with Crippen LogP contribution in [0.15, 0.2) is 146 Å². The lowest BCUT2D eigenvalue weighted by molar-refractivity contribution is 0.738. The third-order valence-corrected chi connectivity index (χ3v) is 9.40. The minimum atomic E-state index is -0.483. The Labute approximate surface area is 254 Å². The Morgan fingerprint density at radius 1 is 0.477 bits per heavy atom. The summed E-state index contributed by atoms with van der Waals surface area (Å²) in [6.45, 7) is 0. The Morgan fingerprint density at radius 2 is 1.14 bits per heavy atom. The molecule has 0 unspecified atom stereocenters. The first-order valence-corrected chi connectivity index (χ1v) is 15.0. The second-order valence-electron chi connectivity index (χ2n) is 11.6. The fourth-order valence-corrected chi connectivity index (χ4v) is 7.61. The molecule has 0 atom stereocenters. The highest BCUT2D eigenvalue weighted by atomic mass is 15.1. The lowest BCUT2D eigenvalue weighted by Gasteiger charge is -2.27. The summed E-state index contributed by atoms with van der Waals surface area (Å²) in [5.41, 5.74) is 13.0. The zero-order valence-corrected chi connectivity index (χ0v) is 23.6. The Balaban J connectivity index is 1.24. The number of hydrogen-bond acceptors (Lipinski definition) is 3. The highest BCUT2D eigenvalue weighted by Gasteiger charge is 2.54. The molecule has 4 nitrogen and oxygen atoms in total. The van der Waals surface area contributed by atoms with Crippen molar-refractivity contribution < 1.29 is 0 Å². The van der Waals surface area contributed by atoms with Crippen molar-refractivity contribution in [2.24, 2.45) is 0 Å². The Kier molecular flexibility index (Phi) is 4.62. The molecule has 44 heavy (non-hydrogen) atoms. The van der Waals surface area contributed by atoms with Crippen molar-refractivity contribution in [3.8, 4) is 39.5 Å². The number of nitrogens with zero attached hydrogens (tertiary/aromatic N) is 4. The molecule has 204 valence electrons. The second-order valence-corrected chi connectivity index (χ2v) is 11.6. The highest BCUT2D eigenvalue weighted by molar-refractivity contribution is 5.95. The average Bonchev–Trinajstić information content (AvgIpc) is 3.71. The largest absolute Gasteiger partial charge is 0.295 e. The van der Waals surface area contributed by atoms with Gasteiger partial charge in [-0.2, -0.15) is 0 Å². The van der Waals surface area contributed by atoms with Gasteiger partial charge in [0.25, 0.3) is 0 Å². The molecule has 0 radical (unpaired) electrons. The van der Waals surface area contributed by atoms with Crippen LogP contribution in [0.3, 0.4) is 0 Å². The molecular weight excluding hydrogens is 536 g/mol. The summed E-state index contributed by atoms with van der Waals surface area (Å²) in [6.07, 6.45) is 0. The SMILES string of the molecule is c1ccc(-c2nc(-c3ccc4c(c3)nc3n4-c4ccccc4C34c3ccccc3-c3ccccc34)nc3ccccc23)cc1. The minimum absolute atomic E-state index is 0.483. The van der Waals surface area contributed by atoms with E-state index in [0.717, 1.165) is 44.6 Å². The van der Waals surface area contributed by atoms with Crippen LogP contribution in [0, 0.1) is 0 Å². The van der Waals surface area contributed by atoms with E-state index in [4.69, 9.17) is 15.0 Å². The third-order valence-electron chi connectivity index (χ3n) is 9.40.